The van der Waals surface area contributed by atoms with E-state index in [2.05, 4.69) is 42.0 Å². The van der Waals surface area contributed by atoms with E-state index in [0.29, 0.717) is 6.54 Å². The maximum Gasteiger partial charge on any atom is 0.0555 e. The quantitative estimate of drug-likeness (QED) is 0.787. The molecule has 0 saturated carbocycles. The third-order valence-corrected chi connectivity index (χ3v) is 3.62. The molecule has 0 aromatic carbocycles. The van der Waals surface area contributed by atoms with Crippen molar-refractivity contribution in [2.24, 2.45) is 5.73 Å². The van der Waals surface area contributed by atoms with Gasteiger partial charge in [0.1, 0.15) is 0 Å². The van der Waals surface area contributed by atoms with Crippen LogP contribution >= 0.6 is 11.3 Å². The van der Waals surface area contributed by atoms with Gasteiger partial charge < -0.3 is 5.73 Å². The predicted octanol–water partition coefficient (Wildman–Crippen LogP) is 2.68. The summed E-state index contributed by atoms with van der Waals surface area (Å²) in [4.78, 5) is 3.84. The number of rotatable bonds is 6. The first kappa shape index (κ1) is 14.2. The minimum absolute atomic E-state index is 0.433. The fourth-order valence-electron chi connectivity index (χ4n) is 1.65. The van der Waals surface area contributed by atoms with Gasteiger partial charge in [0.15, 0.2) is 0 Å². The van der Waals surface area contributed by atoms with Gasteiger partial charge in [-0.3, -0.25) is 4.90 Å². The Kier molecular flexibility index (Phi) is 6.95. The van der Waals surface area contributed by atoms with Crippen LogP contribution in [0.2, 0.25) is 0 Å². The highest BCUT2D eigenvalue weighted by Crippen LogP contribution is 2.18. The molecule has 0 aliphatic heterocycles. The molecule has 0 fully saturated rings. The first-order valence-electron chi connectivity index (χ1n) is 6.29. The first-order chi connectivity index (χ1) is 8.31. The molecular formula is C14H22N2S. The van der Waals surface area contributed by atoms with Gasteiger partial charge in [0, 0.05) is 17.0 Å². The molecule has 0 saturated heterocycles. The second kappa shape index (κ2) is 8.30. The summed E-state index contributed by atoms with van der Waals surface area (Å²) < 4.78 is 0. The van der Waals surface area contributed by atoms with Gasteiger partial charge in [0.25, 0.3) is 0 Å². The van der Waals surface area contributed by atoms with Crippen LogP contribution in [0.4, 0.5) is 0 Å². The van der Waals surface area contributed by atoms with E-state index in [0.717, 1.165) is 18.7 Å². The van der Waals surface area contributed by atoms with Gasteiger partial charge in [0.05, 0.1) is 6.54 Å². The summed E-state index contributed by atoms with van der Waals surface area (Å²) in [5.41, 5.74) is 6.56. The Labute approximate surface area is 109 Å². The highest BCUT2D eigenvalue weighted by Gasteiger charge is 2.07. The number of nitrogens with zero attached hydrogens (tertiary/aromatic N) is 1. The van der Waals surface area contributed by atoms with Crippen molar-refractivity contribution in [3.05, 3.63) is 21.9 Å². The van der Waals surface area contributed by atoms with Crippen LogP contribution in [-0.4, -0.2) is 24.5 Å². The molecule has 3 heteroatoms. The third kappa shape index (κ3) is 4.91. The lowest BCUT2D eigenvalue weighted by molar-refractivity contribution is 0.277. The average Bonchev–Trinajstić information content (AvgIpc) is 2.79. The van der Waals surface area contributed by atoms with Gasteiger partial charge in [-0.15, -0.1) is 11.3 Å². The van der Waals surface area contributed by atoms with E-state index in [1.54, 1.807) is 11.3 Å². The Morgan fingerprint density at radius 1 is 1.41 bits per heavy atom. The van der Waals surface area contributed by atoms with Crippen LogP contribution in [0, 0.1) is 11.8 Å². The molecule has 2 nitrogen and oxygen atoms in total. The molecule has 0 aliphatic rings. The molecule has 1 aromatic rings. The zero-order valence-electron chi connectivity index (χ0n) is 10.8. The Balaban J connectivity index is 2.62. The number of hydrogen-bond donors (Lipinski definition) is 1. The SMILES string of the molecule is CCCCN(CC)Cc1sccc1C#CCN. The van der Waals surface area contributed by atoms with Crippen LogP contribution in [0.25, 0.3) is 0 Å². The largest absolute Gasteiger partial charge is 0.320 e. The topological polar surface area (TPSA) is 29.3 Å². The van der Waals surface area contributed by atoms with Gasteiger partial charge in [0.2, 0.25) is 0 Å². The van der Waals surface area contributed by atoms with Gasteiger partial charge in [-0.05, 0) is 31.0 Å². The van der Waals surface area contributed by atoms with Crippen molar-refractivity contribution in [1.82, 2.24) is 4.90 Å². The van der Waals surface area contributed by atoms with Crippen LogP contribution in [-0.2, 0) is 6.54 Å². The summed E-state index contributed by atoms with van der Waals surface area (Å²) in [5.74, 6) is 6.08. The van der Waals surface area contributed by atoms with E-state index in [1.165, 1.54) is 24.3 Å². The lowest BCUT2D eigenvalue weighted by Crippen LogP contribution is -2.23. The summed E-state index contributed by atoms with van der Waals surface area (Å²) in [5, 5.41) is 2.11. The van der Waals surface area contributed by atoms with E-state index in [9.17, 15) is 0 Å². The van der Waals surface area contributed by atoms with Gasteiger partial charge in [-0.1, -0.05) is 32.1 Å². The fourth-order valence-corrected chi connectivity index (χ4v) is 2.53. The first-order valence-corrected chi connectivity index (χ1v) is 7.17. The molecule has 94 valence electrons. The Hall–Kier alpha value is -0.820. The Morgan fingerprint density at radius 3 is 2.88 bits per heavy atom. The molecule has 17 heavy (non-hydrogen) atoms. The summed E-state index contributed by atoms with van der Waals surface area (Å²) in [6.45, 7) is 8.17. The summed E-state index contributed by atoms with van der Waals surface area (Å²) in [6, 6.07) is 2.09. The van der Waals surface area contributed by atoms with Crippen molar-refractivity contribution in [2.45, 2.75) is 33.2 Å². The molecular weight excluding hydrogens is 228 g/mol. The highest BCUT2D eigenvalue weighted by molar-refractivity contribution is 7.10. The molecule has 1 aromatic heterocycles. The summed E-state index contributed by atoms with van der Waals surface area (Å²) in [7, 11) is 0. The van der Waals surface area contributed by atoms with Gasteiger partial charge in [-0.25, -0.2) is 0 Å². The zero-order valence-corrected chi connectivity index (χ0v) is 11.6. The number of nitrogens with two attached hydrogens (primary N) is 1. The maximum atomic E-state index is 5.41. The number of unbranched alkanes of at least 4 members (excludes halogenated alkanes) is 1. The van der Waals surface area contributed by atoms with E-state index in [-0.39, 0.29) is 0 Å². The lowest BCUT2D eigenvalue weighted by Gasteiger charge is -2.19. The molecule has 2 N–H and O–H groups in total. The van der Waals surface area contributed by atoms with Crippen molar-refractivity contribution in [2.75, 3.05) is 19.6 Å². The van der Waals surface area contributed by atoms with Crippen LogP contribution in [0.3, 0.4) is 0 Å². The second-order valence-electron chi connectivity index (χ2n) is 3.99. The number of hydrogen-bond acceptors (Lipinski definition) is 3. The Bertz CT molecular complexity index is 373. The standard InChI is InChI=1S/C14H22N2S/c1-3-5-10-16(4-2)12-14-13(7-6-9-15)8-11-17-14/h8,11H,3-5,9-10,12,15H2,1-2H3. The summed E-state index contributed by atoms with van der Waals surface area (Å²) in [6.07, 6.45) is 2.52. The van der Waals surface area contributed by atoms with Crippen molar-refractivity contribution in [3.8, 4) is 11.8 Å². The van der Waals surface area contributed by atoms with Crippen LogP contribution in [0.15, 0.2) is 11.4 Å². The van der Waals surface area contributed by atoms with Crippen LogP contribution in [0.5, 0.6) is 0 Å². The molecule has 0 atom stereocenters. The van der Waals surface area contributed by atoms with Crippen molar-refractivity contribution < 1.29 is 0 Å². The second-order valence-corrected chi connectivity index (χ2v) is 4.99. The van der Waals surface area contributed by atoms with E-state index < -0.39 is 0 Å². The monoisotopic (exact) mass is 250 g/mol. The molecule has 0 bridgehead atoms. The van der Waals surface area contributed by atoms with Crippen molar-refractivity contribution in [1.29, 1.82) is 0 Å². The minimum atomic E-state index is 0.433. The molecule has 0 aliphatic carbocycles. The highest BCUT2D eigenvalue weighted by atomic mass is 32.1. The Morgan fingerprint density at radius 2 is 2.24 bits per heavy atom. The molecule has 0 radical (unpaired) electrons. The maximum absolute atomic E-state index is 5.41. The van der Waals surface area contributed by atoms with Crippen LogP contribution in [0.1, 0.15) is 37.1 Å². The zero-order chi connectivity index (χ0) is 12.5. The molecule has 0 spiro atoms. The van der Waals surface area contributed by atoms with Gasteiger partial charge in [-0.2, -0.15) is 0 Å². The average molecular weight is 250 g/mol. The lowest BCUT2D eigenvalue weighted by atomic mass is 10.2. The van der Waals surface area contributed by atoms with E-state index in [1.807, 2.05) is 0 Å². The normalized spacial score (nSPS) is 10.4. The van der Waals surface area contributed by atoms with Crippen LogP contribution < -0.4 is 5.73 Å². The minimum Gasteiger partial charge on any atom is -0.320 e. The molecule has 1 rings (SSSR count). The molecule has 0 amide bonds. The third-order valence-electron chi connectivity index (χ3n) is 2.71. The smallest absolute Gasteiger partial charge is 0.0555 e. The van der Waals surface area contributed by atoms with Crippen molar-refractivity contribution in [3.63, 3.8) is 0 Å². The summed E-state index contributed by atoms with van der Waals surface area (Å²) >= 11 is 1.79. The number of thiophene rings is 1. The van der Waals surface area contributed by atoms with Crippen molar-refractivity contribution >= 4 is 11.3 Å². The van der Waals surface area contributed by atoms with E-state index >= 15 is 0 Å². The van der Waals surface area contributed by atoms with E-state index in [4.69, 9.17) is 5.73 Å². The van der Waals surface area contributed by atoms with Gasteiger partial charge >= 0.3 is 0 Å². The molecule has 0 unspecified atom stereocenters. The fraction of sp³-hybridized carbons (Fsp3) is 0.571. The molecule has 1 heterocycles. The predicted molar refractivity (Wildman–Crippen MR) is 76.1 cm³/mol.